The van der Waals surface area contributed by atoms with Crippen molar-refractivity contribution < 1.29 is 9.53 Å². The van der Waals surface area contributed by atoms with Crippen molar-refractivity contribution in [3.05, 3.63) is 51.9 Å². The second-order valence-electron chi connectivity index (χ2n) is 6.09. The summed E-state index contributed by atoms with van der Waals surface area (Å²) >= 11 is 2.88. The highest BCUT2D eigenvalue weighted by Crippen LogP contribution is 2.34. The molecule has 7 heteroatoms. The Morgan fingerprint density at radius 1 is 1.38 bits per heavy atom. The normalized spacial score (nSPS) is 15.7. The van der Waals surface area contributed by atoms with Gasteiger partial charge in [-0.3, -0.25) is 14.2 Å². The van der Waals surface area contributed by atoms with Crippen LogP contribution in [-0.4, -0.2) is 33.1 Å². The van der Waals surface area contributed by atoms with Gasteiger partial charge in [0.2, 0.25) is 0 Å². The third-order valence-corrected chi connectivity index (χ3v) is 6.22. The fraction of sp³-hybridized carbons (Fsp3) is 0.421. The molecule has 1 aliphatic rings. The van der Waals surface area contributed by atoms with E-state index in [4.69, 9.17) is 9.72 Å². The third kappa shape index (κ3) is 4.51. The highest BCUT2D eigenvalue weighted by atomic mass is 32.2. The van der Waals surface area contributed by atoms with E-state index in [1.54, 1.807) is 23.3 Å². The molecule has 0 N–H and O–H groups in total. The molecule has 3 rings (SSSR count). The first-order chi connectivity index (χ1) is 12.6. The third-order valence-electron chi connectivity index (χ3n) is 4.05. The van der Waals surface area contributed by atoms with Crippen LogP contribution in [0.2, 0.25) is 0 Å². The van der Waals surface area contributed by atoms with Gasteiger partial charge < -0.3 is 4.74 Å². The van der Waals surface area contributed by atoms with Crippen LogP contribution >= 0.6 is 23.5 Å². The van der Waals surface area contributed by atoms with Crippen LogP contribution in [0.1, 0.15) is 25.1 Å². The number of aryl methyl sites for hydroxylation is 1. The van der Waals surface area contributed by atoms with Crippen molar-refractivity contribution in [2.24, 2.45) is 0 Å². The molecule has 0 spiro atoms. The average Bonchev–Trinajstić information content (AvgIpc) is 3.01. The largest absolute Gasteiger partial charge is 0.465 e. The molecular formula is C19H22N2O3S2. The number of hydrogen-bond donors (Lipinski definition) is 0. The number of rotatable bonds is 7. The van der Waals surface area contributed by atoms with Crippen molar-refractivity contribution in [3.63, 3.8) is 0 Å². The number of benzene rings is 1. The summed E-state index contributed by atoms with van der Waals surface area (Å²) < 4.78 is 6.70. The van der Waals surface area contributed by atoms with E-state index >= 15 is 0 Å². The molecule has 2 aromatic rings. The number of aromatic nitrogens is 2. The maximum absolute atomic E-state index is 13.0. The van der Waals surface area contributed by atoms with Gasteiger partial charge in [0.15, 0.2) is 5.16 Å². The number of ether oxygens (including phenoxy) is 1. The minimum absolute atomic E-state index is 0.00615. The molecule has 0 amide bonds. The molecule has 0 aliphatic carbocycles. The fourth-order valence-electron chi connectivity index (χ4n) is 2.85. The minimum atomic E-state index is -0.287. The van der Waals surface area contributed by atoms with E-state index in [1.807, 2.05) is 30.3 Å². The van der Waals surface area contributed by atoms with Crippen molar-refractivity contribution in [2.75, 3.05) is 12.4 Å². The Kier molecular flexibility index (Phi) is 6.43. The lowest BCUT2D eigenvalue weighted by atomic mass is 10.1. The van der Waals surface area contributed by atoms with Gasteiger partial charge in [-0.05, 0) is 18.9 Å². The summed E-state index contributed by atoms with van der Waals surface area (Å²) in [5.41, 5.74) is 2.03. The molecule has 0 saturated heterocycles. The van der Waals surface area contributed by atoms with Crippen molar-refractivity contribution in [3.8, 4) is 0 Å². The van der Waals surface area contributed by atoms with E-state index in [9.17, 15) is 9.59 Å². The molecule has 0 fully saturated rings. The molecule has 1 aromatic heterocycles. The zero-order valence-corrected chi connectivity index (χ0v) is 16.6. The SMILES string of the molecule is CCOC(=O)CSc1nc2c(c(=O)n1CCc1ccccc1)S[C@H](C)C2. The number of thioether (sulfide) groups is 2. The number of esters is 1. The molecular weight excluding hydrogens is 368 g/mol. The van der Waals surface area contributed by atoms with Crippen LogP contribution < -0.4 is 5.56 Å². The summed E-state index contributed by atoms with van der Waals surface area (Å²) in [7, 11) is 0. The molecule has 1 atom stereocenters. The maximum Gasteiger partial charge on any atom is 0.316 e. The first-order valence-corrected chi connectivity index (χ1v) is 10.6. The number of fused-ring (bicyclic) bond motifs is 1. The van der Waals surface area contributed by atoms with E-state index in [-0.39, 0.29) is 17.3 Å². The minimum Gasteiger partial charge on any atom is -0.465 e. The Labute approximate surface area is 161 Å². The first kappa shape index (κ1) is 19.0. The maximum atomic E-state index is 13.0. The van der Waals surface area contributed by atoms with Gasteiger partial charge in [0.25, 0.3) is 5.56 Å². The van der Waals surface area contributed by atoms with Crippen LogP contribution in [0, 0.1) is 0 Å². The number of hydrogen-bond acceptors (Lipinski definition) is 6. The summed E-state index contributed by atoms with van der Waals surface area (Å²) in [5.74, 6) is -0.128. The summed E-state index contributed by atoms with van der Waals surface area (Å²) in [5, 5.41) is 0.963. The molecule has 1 aromatic carbocycles. The lowest BCUT2D eigenvalue weighted by Gasteiger charge is -2.13. The molecule has 5 nitrogen and oxygen atoms in total. The standard InChI is InChI=1S/C19H22N2O3S2/c1-3-24-16(22)12-25-19-20-15-11-13(2)26-17(15)18(23)21(19)10-9-14-7-5-4-6-8-14/h4-8,13H,3,9-12H2,1-2H3/t13-/m1/s1. The molecule has 26 heavy (non-hydrogen) atoms. The van der Waals surface area contributed by atoms with Crippen LogP contribution in [-0.2, 0) is 28.9 Å². The van der Waals surface area contributed by atoms with Gasteiger partial charge in [-0.2, -0.15) is 0 Å². The second kappa shape index (κ2) is 8.77. The van der Waals surface area contributed by atoms with Gasteiger partial charge in [0.1, 0.15) is 0 Å². The van der Waals surface area contributed by atoms with Crippen molar-refractivity contribution in [2.45, 2.75) is 48.5 Å². The quantitative estimate of drug-likeness (QED) is 0.411. The van der Waals surface area contributed by atoms with E-state index in [0.29, 0.717) is 23.6 Å². The Bertz CT molecular complexity index is 837. The highest BCUT2D eigenvalue weighted by Gasteiger charge is 2.26. The first-order valence-electron chi connectivity index (χ1n) is 8.71. The van der Waals surface area contributed by atoms with Crippen LogP contribution in [0.4, 0.5) is 0 Å². The zero-order valence-electron chi connectivity index (χ0n) is 14.9. The number of carbonyl (C=O) groups excluding carboxylic acids is 1. The van der Waals surface area contributed by atoms with Gasteiger partial charge >= 0.3 is 5.97 Å². The summed E-state index contributed by atoms with van der Waals surface area (Å²) in [6.45, 7) is 4.78. The number of nitrogens with zero attached hydrogens (tertiary/aromatic N) is 2. The van der Waals surface area contributed by atoms with Gasteiger partial charge in [-0.15, -0.1) is 11.8 Å². The predicted octanol–water partition coefficient (Wildman–Crippen LogP) is 3.18. The Morgan fingerprint density at radius 2 is 2.15 bits per heavy atom. The van der Waals surface area contributed by atoms with E-state index in [2.05, 4.69) is 6.92 Å². The molecule has 1 aliphatic heterocycles. The van der Waals surface area contributed by atoms with Gasteiger partial charge in [0.05, 0.1) is 22.9 Å². The molecule has 0 bridgehead atoms. The molecule has 0 saturated carbocycles. The monoisotopic (exact) mass is 390 g/mol. The zero-order chi connectivity index (χ0) is 18.5. The molecule has 2 heterocycles. The van der Waals surface area contributed by atoms with Crippen molar-refractivity contribution in [1.82, 2.24) is 9.55 Å². The summed E-state index contributed by atoms with van der Waals surface area (Å²) in [4.78, 5) is 30.2. The van der Waals surface area contributed by atoms with Crippen molar-refractivity contribution in [1.29, 1.82) is 0 Å². The lowest BCUT2D eigenvalue weighted by Crippen LogP contribution is -2.26. The smallest absolute Gasteiger partial charge is 0.316 e. The average molecular weight is 391 g/mol. The Balaban J connectivity index is 1.85. The fourth-order valence-corrected chi connectivity index (χ4v) is 4.81. The second-order valence-corrected chi connectivity index (χ2v) is 8.48. The van der Waals surface area contributed by atoms with Crippen molar-refractivity contribution >= 4 is 29.5 Å². The Hall–Kier alpha value is -1.73. The predicted molar refractivity (Wildman–Crippen MR) is 105 cm³/mol. The number of carbonyl (C=O) groups is 1. The molecule has 0 radical (unpaired) electrons. The highest BCUT2D eigenvalue weighted by molar-refractivity contribution is 8.00. The molecule has 0 unspecified atom stereocenters. The van der Waals surface area contributed by atoms with E-state index in [0.717, 1.165) is 23.4 Å². The van der Waals surface area contributed by atoms with E-state index in [1.165, 1.54) is 17.3 Å². The van der Waals surface area contributed by atoms with Gasteiger partial charge in [-0.1, -0.05) is 49.0 Å². The topological polar surface area (TPSA) is 61.2 Å². The van der Waals surface area contributed by atoms with Gasteiger partial charge in [0, 0.05) is 18.2 Å². The van der Waals surface area contributed by atoms with E-state index < -0.39 is 0 Å². The molecule has 138 valence electrons. The van der Waals surface area contributed by atoms with Crippen LogP contribution in [0.25, 0.3) is 0 Å². The summed E-state index contributed by atoms with van der Waals surface area (Å²) in [6.07, 6.45) is 1.54. The van der Waals surface area contributed by atoms with Crippen LogP contribution in [0.15, 0.2) is 45.2 Å². The van der Waals surface area contributed by atoms with Crippen LogP contribution in [0.3, 0.4) is 0 Å². The van der Waals surface area contributed by atoms with Gasteiger partial charge in [-0.25, -0.2) is 4.98 Å². The summed E-state index contributed by atoms with van der Waals surface area (Å²) in [6, 6.07) is 10.1. The van der Waals surface area contributed by atoms with Crippen LogP contribution in [0.5, 0.6) is 0 Å². The lowest BCUT2D eigenvalue weighted by molar-refractivity contribution is -0.139. The Morgan fingerprint density at radius 3 is 2.88 bits per heavy atom.